The third kappa shape index (κ3) is 8.94. The Morgan fingerprint density at radius 1 is 1.20 bits per heavy atom. The number of nitrogens with zero attached hydrogens (tertiary/aromatic N) is 2. The highest BCUT2D eigenvalue weighted by molar-refractivity contribution is 14.0. The van der Waals surface area contributed by atoms with Gasteiger partial charge in [0.15, 0.2) is 5.96 Å². The van der Waals surface area contributed by atoms with Crippen LogP contribution in [0.15, 0.2) is 29.3 Å². The molecule has 6 nitrogen and oxygen atoms in total. The number of methoxy groups -OCH3 is 1. The average molecular weight is 544 g/mol. The second-order valence-corrected chi connectivity index (χ2v) is 6.78. The Morgan fingerprint density at radius 3 is 2.43 bits per heavy atom. The van der Waals surface area contributed by atoms with Crippen LogP contribution in [-0.4, -0.2) is 70.5 Å². The van der Waals surface area contributed by atoms with Crippen LogP contribution in [0.2, 0.25) is 0 Å². The van der Waals surface area contributed by atoms with Gasteiger partial charge >= 0.3 is 6.18 Å². The number of rotatable bonds is 9. The van der Waals surface area contributed by atoms with Gasteiger partial charge in [-0.3, -0.25) is 9.89 Å². The number of alkyl halides is 3. The lowest BCUT2D eigenvalue weighted by Crippen LogP contribution is -2.42. The van der Waals surface area contributed by atoms with Crippen molar-refractivity contribution >= 4 is 29.9 Å². The fourth-order valence-corrected chi connectivity index (χ4v) is 3.16. The molecule has 0 bridgehead atoms. The highest BCUT2D eigenvalue weighted by Gasteiger charge is 2.31. The fraction of sp³-hybridized carbons (Fsp3) is 0.650. The molecule has 1 aliphatic heterocycles. The lowest BCUT2D eigenvalue weighted by atomic mass is 10.0. The molecule has 1 heterocycles. The van der Waals surface area contributed by atoms with E-state index in [4.69, 9.17) is 9.47 Å². The van der Waals surface area contributed by atoms with Gasteiger partial charge in [0.1, 0.15) is 0 Å². The van der Waals surface area contributed by atoms with Crippen molar-refractivity contribution in [2.24, 2.45) is 4.99 Å². The minimum Gasteiger partial charge on any atom is -0.385 e. The van der Waals surface area contributed by atoms with E-state index in [1.54, 1.807) is 19.2 Å². The van der Waals surface area contributed by atoms with E-state index in [1.807, 2.05) is 6.92 Å². The molecule has 1 atom stereocenters. The van der Waals surface area contributed by atoms with E-state index in [0.717, 1.165) is 50.3 Å². The van der Waals surface area contributed by atoms with E-state index >= 15 is 0 Å². The van der Waals surface area contributed by atoms with Crippen LogP contribution in [0.3, 0.4) is 0 Å². The van der Waals surface area contributed by atoms with Crippen molar-refractivity contribution in [2.45, 2.75) is 25.6 Å². The van der Waals surface area contributed by atoms with Gasteiger partial charge in [-0.25, -0.2) is 0 Å². The molecule has 1 aliphatic rings. The molecule has 30 heavy (non-hydrogen) atoms. The molecule has 1 unspecified atom stereocenters. The van der Waals surface area contributed by atoms with E-state index in [0.29, 0.717) is 32.3 Å². The molecule has 0 aliphatic carbocycles. The summed E-state index contributed by atoms with van der Waals surface area (Å²) in [5.41, 5.74) is 0.178. The Morgan fingerprint density at radius 2 is 1.87 bits per heavy atom. The van der Waals surface area contributed by atoms with E-state index in [1.165, 1.54) is 0 Å². The quantitative estimate of drug-likeness (QED) is 0.217. The third-order valence-corrected chi connectivity index (χ3v) is 4.69. The van der Waals surface area contributed by atoms with Gasteiger partial charge in [-0.15, -0.1) is 24.0 Å². The number of morpholine rings is 1. The van der Waals surface area contributed by atoms with E-state index in [2.05, 4.69) is 20.5 Å². The zero-order valence-corrected chi connectivity index (χ0v) is 19.8. The van der Waals surface area contributed by atoms with Gasteiger partial charge in [-0.2, -0.15) is 13.2 Å². The highest BCUT2D eigenvalue weighted by atomic mass is 127. The normalized spacial score (nSPS) is 16.6. The van der Waals surface area contributed by atoms with Crippen molar-refractivity contribution in [3.05, 3.63) is 35.4 Å². The molecular weight excluding hydrogens is 512 g/mol. The zero-order chi connectivity index (χ0) is 21.1. The second kappa shape index (κ2) is 14.0. The van der Waals surface area contributed by atoms with Crippen LogP contribution in [0.4, 0.5) is 13.2 Å². The largest absolute Gasteiger partial charge is 0.416 e. The van der Waals surface area contributed by atoms with Crippen molar-refractivity contribution in [1.29, 1.82) is 0 Å². The summed E-state index contributed by atoms with van der Waals surface area (Å²) < 4.78 is 49.2. The van der Waals surface area contributed by atoms with Crippen molar-refractivity contribution < 1.29 is 22.6 Å². The summed E-state index contributed by atoms with van der Waals surface area (Å²) in [6.07, 6.45) is -3.48. The number of halogens is 4. The summed E-state index contributed by atoms with van der Waals surface area (Å²) in [7, 11) is 1.66. The van der Waals surface area contributed by atoms with E-state index < -0.39 is 11.7 Å². The first kappa shape index (κ1) is 26.9. The van der Waals surface area contributed by atoms with Crippen LogP contribution in [0, 0.1) is 0 Å². The van der Waals surface area contributed by atoms with Crippen molar-refractivity contribution in [3.8, 4) is 0 Å². The van der Waals surface area contributed by atoms with E-state index in [9.17, 15) is 13.2 Å². The number of ether oxygens (including phenoxy) is 2. The highest BCUT2D eigenvalue weighted by Crippen LogP contribution is 2.31. The molecule has 1 saturated heterocycles. The number of hydrogen-bond acceptors (Lipinski definition) is 4. The molecule has 0 amide bonds. The first-order valence-corrected chi connectivity index (χ1v) is 9.95. The molecule has 0 aromatic heterocycles. The Labute approximate surface area is 193 Å². The monoisotopic (exact) mass is 544 g/mol. The van der Waals surface area contributed by atoms with Gasteiger partial charge in [0, 0.05) is 39.9 Å². The molecule has 10 heteroatoms. The first-order valence-electron chi connectivity index (χ1n) is 9.95. The van der Waals surface area contributed by atoms with Crippen molar-refractivity contribution in [2.75, 3.05) is 59.7 Å². The van der Waals surface area contributed by atoms with Crippen LogP contribution in [0.25, 0.3) is 0 Å². The Hall–Kier alpha value is -1.11. The summed E-state index contributed by atoms with van der Waals surface area (Å²) in [6.45, 7) is 7.19. The summed E-state index contributed by atoms with van der Waals surface area (Å²) in [6, 6.07) is 5.27. The van der Waals surface area contributed by atoms with Gasteiger partial charge in [0.25, 0.3) is 0 Å². The van der Waals surface area contributed by atoms with Gasteiger partial charge in [0.2, 0.25) is 0 Å². The minimum atomic E-state index is -4.34. The predicted octanol–water partition coefficient (Wildman–Crippen LogP) is 3.29. The topological polar surface area (TPSA) is 58.1 Å². The third-order valence-electron chi connectivity index (χ3n) is 4.69. The molecular formula is C20H32F3IN4O2. The van der Waals surface area contributed by atoms with Gasteiger partial charge < -0.3 is 20.1 Å². The van der Waals surface area contributed by atoms with Crippen LogP contribution in [0.1, 0.15) is 30.5 Å². The minimum absolute atomic E-state index is 0. The summed E-state index contributed by atoms with van der Waals surface area (Å²) in [5.74, 6) is 0.689. The van der Waals surface area contributed by atoms with Crippen LogP contribution in [-0.2, 0) is 15.7 Å². The number of guanidine groups is 1. The zero-order valence-electron chi connectivity index (χ0n) is 17.5. The fourth-order valence-electron chi connectivity index (χ4n) is 3.16. The SMILES string of the molecule is CCNC(=NCC(c1ccc(C(F)(F)F)cc1)N1CCOCC1)NCCCOC.I. The van der Waals surface area contributed by atoms with Gasteiger partial charge in [0.05, 0.1) is 31.4 Å². The van der Waals surface area contributed by atoms with Crippen LogP contribution < -0.4 is 10.6 Å². The van der Waals surface area contributed by atoms with Gasteiger partial charge in [-0.1, -0.05) is 12.1 Å². The number of aliphatic imine (C=N–C) groups is 1. The number of nitrogens with one attached hydrogen (secondary N) is 2. The predicted molar refractivity (Wildman–Crippen MR) is 122 cm³/mol. The molecule has 172 valence electrons. The van der Waals surface area contributed by atoms with Crippen molar-refractivity contribution in [1.82, 2.24) is 15.5 Å². The Kier molecular flexibility index (Phi) is 12.6. The van der Waals surface area contributed by atoms with Crippen molar-refractivity contribution in [3.63, 3.8) is 0 Å². The smallest absolute Gasteiger partial charge is 0.385 e. The number of benzene rings is 1. The molecule has 0 radical (unpaired) electrons. The molecule has 2 rings (SSSR count). The summed E-state index contributed by atoms with van der Waals surface area (Å²) >= 11 is 0. The molecule has 1 aromatic carbocycles. The first-order chi connectivity index (χ1) is 14.0. The Bertz CT molecular complexity index is 623. The second-order valence-electron chi connectivity index (χ2n) is 6.78. The summed E-state index contributed by atoms with van der Waals surface area (Å²) in [5, 5.41) is 6.47. The average Bonchev–Trinajstić information content (AvgIpc) is 2.72. The van der Waals surface area contributed by atoms with Crippen LogP contribution in [0.5, 0.6) is 0 Å². The molecule has 0 saturated carbocycles. The number of hydrogen-bond donors (Lipinski definition) is 2. The maximum absolute atomic E-state index is 12.9. The molecule has 0 spiro atoms. The van der Waals surface area contributed by atoms with E-state index in [-0.39, 0.29) is 30.0 Å². The standard InChI is InChI=1S/C20H31F3N4O2.HI/c1-3-24-19(25-9-4-12-28-2)26-15-18(27-10-13-29-14-11-27)16-5-7-17(8-6-16)20(21,22)23;/h5-8,18H,3-4,9-15H2,1-2H3,(H2,24,25,26);1H. The lowest BCUT2D eigenvalue weighted by molar-refractivity contribution is -0.137. The van der Waals surface area contributed by atoms with Crippen LogP contribution >= 0.6 is 24.0 Å². The van der Waals surface area contributed by atoms with Gasteiger partial charge in [-0.05, 0) is 31.0 Å². The lowest BCUT2D eigenvalue weighted by Gasteiger charge is -2.34. The molecule has 1 fully saturated rings. The Balaban J connectivity index is 0.00000450. The molecule has 1 aromatic rings. The maximum atomic E-state index is 12.9. The summed E-state index contributed by atoms with van der Waals surface area (Å²) in [4.78, 5) is 6.90. The maximum Gasteiger partial charge on any atom is 0.416 e. The molecule has 2 N–H and O–H groups in total.